The predicted molar refractivity (Wildman–Crippen MR) is 158 cm³/mol. The summed E-state index contributed by atoms with van der Waals surface area (Å²) in [6.45, 7) is 10.6. The van der Waals surface area contributed by atoms with E-state index in [1.165, 1.54) is 24.7 Å². The third kappa shape index (κ3) is 4.99. The van der Waals surface area contributed by atoms with Gasteiger partial charge in [-0.15, -0.1) is 0 Å². The number of rotatable bonds is 8. The number of benzene rings is 1. The maximum absolute atomic E-state index is 11.0. The van der Waals surface area contributed by atoms with Gasteiger partial charge >= 0.3 is 0 Å². The number of nitrogens with one attached hydrogen (secondary N) is 1. The number of aromatic amines is 1. The summed E-state index contributed by atoms with van der Waals surface area (Å²) >= 11 is 0. The highest BCUT2D eigenvalue weighted by atomic mass is 16.3. The van der Waals surface area contributed by atoms with Crippen LogP contribution in [0.15, 0.2) is 36.8 Å². The lowest BCUT2D eigenvalue weighted by molar-refractivity contribution is -0.0101. The smallest absolute Gasteiger partial charge is 0.145 e. The summed E-state index contributed by atoms with van der Waals surface area (Å²) < 4.78 is 1.96. The predicted octanol–water partition coefficient (Wildman–Crippen LogP) is 4.20. The lowest BCUT2D eigenvalue weighted by atomic mass is 9.76. The summed E-state index contributed by atoms with van der Waals surface area (Å²) in [6, 6.07) is 8.76. The molecular formula is C31H43N7O2. The van der Waals surface area contributed by atoms with Gasteiger partial charge in [-0.05, 0) is 67.3 Å². The summed E-state index contributed by atoms with van der Waals surface area (Å²) in [5, 5.41) is 22.8. The Labute approximate surface area is 235 Å². The van der Waals surface area contributed by atoms with Crippen molar-refractivity contribution in [3.05, 3.63) is 48.2 Å². The number of aliphatic hydroxyl groups is 2. The van der Waals surface area contributed by atoms with E-state index in [4.69, 9.17) is 10.7 Å². The molecule has 5 N–H and O–H groups in total. The number of hydrogen-bond donors (Lipinski definition) is 4. The van der Waals surface area contributed by atoms with Gasteiger partial charge in [-0.1, -0.05) is 33.8 Å². The van der Waals surface area contributed by atoms with Crippen LogP contribution in [0.5, 0.6) is 0 Å². The number of anilines is 1. The fourth-order valence-electron chi connectivity index (χ4n) is 6.87. The minimum absolute atomic E-state index is 0.00386. The minimum Gasteiger partial charge on any atom is -0.390 e. The van der Waals surface area contributed by atoms with Crippen LogP contribution in [0, 0.1) is 11.8 Å². The summed E-state index contributed by atoms with van der Waals surface area (Å²) in [7, 11) is 0. The van der Waals surface area contributed by atoms with Gasteiger partial charge < -0.3 is 30.4 Å². The molecule has 4 aromatic rings. The Morgan fingerprint density at radius 3 is 2.65 bits per heavy atom. The van der Waals surface area contributed by atoms with Gasteiger partial charge in [0.15, 0.2) is 0 Å². The Morgan fingerprint density at radius 1 is 1.10 bits per heavy atom. The largest absolute Gasteiger partial charge is 0.390 e. The van der Waals surface area contributed by atoms with E-state index >= 15 is 0 Å². The molecule has 2 saturated carbocycles. The number of fused-ring (bicyclic) bond motifs is 2. The first-order valence-electron chi connectivity index (χ1n) is 14.8. The number of imidazole rings is 1. The summed E-state index contributed by atoms with van der Waals surface area (Å²) in [6.07, 6.45) is 6.91. The van der Waals surface area contributed by atoms with E-state index < -0.39 is 12.2 Å². The fraction of sp³-hybridized carbons (Fsp3) is 0.581. The number of nitrogens with two attached hydrogens (primary N) is 1. The third-order valence-corrected chi connectivity index (χ3v) is 9.46. The third-order valence-electron chi connectivity index (χ3n) is 9.46. The van der Waals surface area contributed by atoms with Crippen molar-refractivity contribution in [3.8, 4) is 0 Å². The van der Waals surface area contributed by atoms with Gasteiger partial charge in [-0.25, -0.2) is 15.0 Å². The highest BCUT2D eigenvalue weighted by molar-refractivity contribution is 5.86. The first-order chi connectivity index (χ1) is 19.1. The first-order valence-corrected chi connectivity index (χ1v) is 14.8. The van der Waals surface area contributed by atoms with Crippen LogP contribution in [-0.2, 0) is 11.8 Å². The van der Waals surface area contributed by atoms with E-state index in [1.54, 1.807) is 0 Å². The molecule has 2 aliphatic carbocycles. The second-order valence-electron chi connectivity index (χ2n) is 13.0. The molecule has 1 aromatic carbocycles. The van der Waals surface area contributed by atoms with Crippen molar-refractivity contribution in [2.45, 2.75) is 89.5 Å². The Hall–Kier alpha value is -3.01. The molecule has 9 nitrogen and oxygen atoms in total. The zero-order valence-corrected chi connectivity index (χ0v) is 24.1. The number of aryl methyl sites for hydroxylation is 1. The van der Waals surface area contributed by atoms with Gasteiger partial charge in [0.05, 0.1) is 28.6 Å². The van der Waals surface area contributed by atoms with Crippen LogP contribution in [0.4, 0.5) is 5.82 Å². The van der Waals surface area contributed by atoms with E-state index in [0.29, 0.717) is 29.8 Å². The van der Waals surface area contributed by atoms with Gasteiger partial charge in [0.25, 0.3) is 0 Å². The van der Waals surface area contributed by atoms with Crippen molar-refractivity contribution in [2.24, 2.45) is 11.8 Å². The lowest BCUT2D eigenvalue weighted by Gasteiger charge is -2.44. The Morgan fingerprint density at radius 2 is 1.90 bits per heavy atom. The Balaban J connectivity index is 1.03. The molecule has 0 bridgehead atoms. The maximum Gasteiger partial charge on any atom is 0.145 e. The zero-order valence-electron chi connectivity index (χ0n) is 24.1. The molecule has 0 aliphatic heterocycles. The fourth-order valence-corrected chi connectivity index (χ4v) is 6.87. The van der Waals surface area contributed by atoms with E-state index in [1.807, 2.05) is 16.8 Å². The number of hydrogen-bond acceptors (Lipinski definition) is 7. The summed E-state index contributed by atoms with van der Waals surface area (Å²) in [5.74, 6) is 2.21. The zero-order chi connectivity index (χ0) is 28.2. The molecule has 0 spiro atoms. The topological polar surface area (TPSA) is 129 Å². The van der Waals surface area contributed by atoms with Crippen molar-refractivity contribution in [1.82, 2.24) is 29.4 Å². The van der Waals surface area contributed by atoms with Crippen LogP contribution < -0.4 is 5.73 Å². The molecule has 6 rings (SSSR count). The Bertz CT molecular complexity index is 1480. The van der Waals surface area contributed by atoms with Crippen LogP contribution >= 0.6 is 0 Å². The van der Waals surface area contributed by atoms with Crippen molar-refractivity contribution in [3.63, 3.8) is 0 Å². The molecule has 214 valence electrons. The molecule has 0 saturated heterocycles. The van der Waals surface area contributed by atoms with Crippen LogP contribution in [-0.4, -0.2) is 71.0 Å². The number of aliphatic hydroxyl groups excluding tert-OH is 2. The highest BCUT2D eigenvalue weighted by Crippen LogP contribution is 2.40. The number of aromatic nitrogens is 5. The van der Waals surface area contributed by atoms with Gasteiger partial charge in [-0.2, -0.15) is 0 Å². The Kier molecular flexibility index (Phi) is 7.09. The van der Waals surface area contributed by atoms with Crippen molar-refractivity contribution in [1.29, 1.82) is 0 Å². The molecule has 9 heteroatoms. The molecular weight excluding hydrogens is 502 g/mol. The molecule has 40 heavy (non-hydrogen) atoms. The van der Waals surface area contributed by atoms with E-state index in [-0.39, 0.29) is 17.4 Å². The van der Waals surface area contributed by atoms with Crippen LogP contribution in [0.3, 0.4) is 0 Å². The second-order valence-corrected chi connectivity index (χ2v) is 13.0. The van der Waals surface area contributed by atoms with Gasteiger partial charge in [-0.3, -0.25) is 0 Å². The normalized spacial score (nSPS) is 27.2. The average molecular weight is 546 g/mol. The van der Waals surface area contributed by atoms with Gasteiger partial charge in [0.2, 0.25) is 0 Å². The SMILES string of the molecule is CCN(C[C@H]1C[C@@H](n2ccc3c(N)ncnc32)[C@H](O)[C@@H]1O)[C@H]1C[C@H](CCc2nc3cc(C(C)(C)C)ccc3[nH]2)C1. The molecule has 2 fully saturated rings. The maximum atomic E-state index is 11.0. The lowest BCUT2D eigenvalue weighted by Crippen LogP contribution is -2.48. The van der Waals surface area contributed by atoms with Gasteiger partial charge in [0, 0.05) is 31.1 Å². The molecule has 0 unspecified atom stereocenters. The van der Waals surface area contributed by atoms with E-state index in [9.17, 15) is 10.2 Å². The van der Waals surface area contributed by atoms with Crippen LogP contribution in [0.25, 0.3) is 22.1 Å². The minimum atomic E-state index is -0.840. The molecule has 4 atom stereocenters. The molecule has 3 aromatic heterocycles. The summed E-state index contributed by atoms with van der Waals surface area (Å²) in [4.78, 5) is 19.4. The number of nitrogens with zero attached hydrogens (tertiary/aromatic N) is 5. The molecule has 2 aliphatic rings. The van der Waals surface area contributed by atoms with Crippen molar-refractivity contribution < 1.29 is 10.2 Å². The summed E-state index contributed by atoms with van der Waals surface area (Å²) in [5.41, 5.74) is 10.3. The van der Waals surface area contributed by atoms with Crippen molar-refractivity contribution >= 4 is 27.9 Å². The van der Waals surface area contributed by atoms with E-state index in [2.05, 4.69) is 65.7 Å². The quantitative estimate of drug-likeness (QED) is 0.261. The molecule has 0 radical (unpaired) electrons. The average Bonchev–Trinajstić information content (AvgIpc) is 3.58. The number of H-pyrrole nitrogens is 1. The number of nitrogen functional groups attached to an aromatic ring is 1. The first kappa shape index (κ1) is 27.2. The highest BCUT2D eigenvalue weighted by Gasteiger charge is 2.44. The van der Waals surface area contributed by atoms with E-state index in [0.717, 1.165) is 48.2 Å². The second kappa shape index (κ2) is 10.4. The van der Waals surface area contributed by atoms with Crippen molar-refractivity contribution in [2.75, 3.05) is 18.8 Å². The van der Waals surface area contributed by atoms with Crippen LogP contribution in [0.1, 0.15) is 70.8 Å². The van der Waals surface area contributed by atoms with Gasteiger partial charge in [0.1, 0.15) is 29.7 Å². The molecule has 0 amide bonds. The standard InChI is InChI=1S/C31H43N7O2/c1-5-37(16-19-14-25(28(40)27(19)39)38-11-10-22-29(32)33-17-34-30(22)38)21-12-18(13-21)6-9-26-35-23-8-7-20(31(2,3)4)15-24(23)36-26/h7-8,10-11,15,17-19,21,25,27-28,39-40H,5-6,9,12-14,16H2,1-4H3,(H,35,36)(H2,32,33,34)/t18-,19-,21-,25-,27-,28+/m1/s1. The van der Waals surface area contributed by atoms with Crippen LogP contribution in [0.2, 0.25) is 0 Å². The molecule has 3 heterocycles. The monoisotopic (exact) mass is 545 g/mol.